The summed E-state index contributed by atoms with van der Waals surface area (Å²) < 4.78 is 4.95. The van der Waals surface area contributed by atoms with Gasteiger partial charge in [0.15, 0.2) is 0 Å². The van der Waals surface area contributed by atoms with Gasteiger partial charge in [0, 0.05) is 11.8 Å². The SMILES string of the molecule is COc1cc(NC(=O)/C(Cl)=C(/Cl)C(=O)[O-])ccc1Cl.[Na+]. The Kier molecular flexibility index (Phi) is 8.58. The van der Waals surface area contributed by atoms with Gasteiger partial charge in [-0.25, -0.2) is 0 Å². The number of halogens is 3. The van der Waals surface area contributed by atoms with Crippen molar-refractivity contribution >= 4 is 52.4 Å². The Morgan fingerprint density at radius 1 is 1.25 bits per heavy atom. The predicted octanol–water partition coefficient (Wildman–Crippen LogP) is -1.27. The van der Waals surface area contributed by atoms with E-state index in [0.717, 1.165) is 0 Å². The van der Waals surface area contributed by atoms with Crippen LogP contribution in [-0.4, -0.2) is 19.0 Å². The minimum absolute atomic E-state index is 0. The number of methoxy groups -OCH3 is 1. The standard InChI is InChI=1S/C11H8Cl3NO4.Na/c1-19-7-4-5(2-3-6(7)12)15-10(16)8(13)9(14)11(17)18;/h2-4H,1H3,(H,15,16)(H,17,18);/q;+1/p-1/b9-8-;. The summed E-state index contributed by atoms with van der Waals surface area (Å²) in [6.45, 7) is 0. The number of aliphatic carboxylic acids is 1. The summed E-state index contributed by atoms with van der Waals surface area (Å²) in [7, 11) is 1.41. The molecule has 5 nitrogen and oxygen atoms in total. The summed E-state index contributed by atoms with van der Waals surface area (Å²) in [6.07, 6.45) is 0. The fourth-order valence-corrected chi connectivity index (χ4v) is 1.52. The van der Waals surface area contributed by atoms with Crippen molar-refractivity contribution in [3.8, 4) is 5.75 Å². The molecule has 0 aliphatic carbocycles. The first-order valence-electron chi connectivity index (χ1n) is 4.78. The number of carbonyl (C=O) groups excluding carboxylic acids is 2. The number of benzene rings is 1. The van der Waals surface area contributed by atoms with Gasteiger partial charge < -0.3 is 20.0 Å². The molecule has 20 heavy (non-hydrogen) atoms. The molecule has 0 fully saturated rings. The Labute approximate surface area is 152 Å². The molecule has 0 aliphatic heterocycles. The molecular formula is C11H7Cl3NNaO4. The average molecular weight is 347 g/mol. The molecule has 0 aliphatic rings. The van der Waals surface area contributed by atoms with E-state index in [1.54, 1.807) is 0 Å². The van der Waals surface area contributed by atoms with Crippen LogP contribution in [-0.2, 0) is 9.59 Å². The van der Waals surface area contributed by atoms with Gasteiger partial charge in [-0.1, -0.05) is 34.8 Å². The van der Waals surface area contributed by atoms with Crippen molar-refractivity contribution < 1.29 is 49.0 Å². The van der Waals surface area contributed by atoms with Crippen LogP contribution in [0, 0.1) is 0 Å². The van der Waals surface area contributed by atoms with Gasteiger partial charge in [0.2, 0.25) is 0 Å². The molecular weight excluding hydrogens is 339 g/mol. The van der Waals surface area contributed by atoms with E-state index in [9.17, 15) is 14.7 Å². The number of carbonyl (C=O) groups is 2. The van der Waals surface area contributed by atoms with Crippen molar-refractivity contribution in [1.82, 2.24) is 0 Å². The zero-order valence-electron chi connectivity index (χ0n) is 10.5. The van der Waals surface area contributed by atoms with Crippen molar-refractivity contribution in [2.75, 3.05) is 12.4 Å². The van der Waals surface area contributed by atoms with Gasteiger partial charge in [0.05, 0.1) is 23.1 Å². The van der Waals surface area contributed by atoms with E-state index >= 15 is 0 Å². The predicted molar refractivity (Wildman–Crippen MR) is 70.4 cm³/mol. The molecule has 1 amide bonds. The molecule has 0 bridgehead atoms. The number of anilines is 1. The maximum Gasteiger partial charge on any atom is 1.00 e. The molecule has 0 radical (unpaired) electrons. The van der Waals surface area contributed by atoms with Crippen molar-refractivity contribution in [3.05, 3.63) is 33.3 Å². The Morgan fingerprint density at radius 3 is 2.35 bits per heavy atom. The van der Waals surface area contributed by atoms with Gasteiger partial charge in [-0.2, -0.15) is 0 Å². The van der Waals surface area contributed by atoms with Crippen molar-refractivity contribution in [1.29, 1.82) is 0 Å². The smallest absolute Gasteiger partial charge is 0.544 e. The van der Waals surface area contributed by atoms with Gasteiger partial charge in [0.25, 0.3) is 5.91 Å². The van der Waals surface area contributed by atoms with E-state index in [-0.39, 0.29) is 29.6 Å². The Bertz CT molecular complexity index is 563. The van der Waals surface area contributed by atoms with Gasteiger partial charge in [-0.15, -0.1) is 0 Å². The fraction of sp³-hybridized carbons (Fsp3) is 0.0909. The summed E-state index contributed by atoms with van der Waals surface area (Å²) >= 11 is 16.6. The monoisotopic (exact) mass is 345 g/mol. The molecule has 0 saturated heterocycles. The van der Waals surface area contributed by atoms with E-state index < -0.39 is 21.9 Å². The van der Waals surface area contributed by atoms with Crippen LogP contribution in [0.15, 0.2) is 28.3 Å². The molecule has 9 heteroatoms. The van der Waals surface area contributed by atoms with E-state index in [1.807, 2.05) is 0 Å². The second-order valence-corrected chi connectivity index (χ2v) is 4.38. The molecule has 102 valence electrons. The first-order chi connectivity index (χ1) is 8.86. The quantitative estimate of drug-likeness (QED) is 0.545. The molecule has 0 heterocycles. The molecule has 0 atom stereocenters. The van der Waals surface area contributed by atoms with E-state index in [4.69, 9.17) is 39.5 Å². The molecule has 1 aromatic rings. The Morgan fingerprint density at radius 2 is 1.85 bits per heavy atom. The van der Waals surface area contributed by atoms with Gasteiger partial charge in [0.1, 0.15) is 10.8 Å². The van der Waals surface area contributed by atoms with Gasteiger partial charge in [-0.05, 0) is 12.1 Å². The van der Waals surface area contributed by atoms with Crippen LogP contribution in [0.3, 0.4) is 0 Å². The van der Waals surface area contributed by atoms with Crippen LogP contribution in [0.2, 0.25) is 5.02 Å². The van der Waals surface area contributed by atoms with Crippen LogP contribution in [0.1, 0.15) is 0 Å². The maximum atomic E-state index is 11.6. The van der Waals surface area contributed by atoms with Crippen LogP contribution >= 0.6 is 34.8 Å². The number of rotatable bonds is 4. The summed E-state index contributed by atoms with van der Waals surface area (Å²) in [6, 6.07) is 4.42. The molecule has 0 aromatic heterocycles. The summed E-state index contributed by atoms with van der Waals surface area (Å²) in [5, 5.41) is 11.6. The molecule has 1 aromatic carbocycles. The molecule has 0 unspecified atom stereocenters. The average Bonchev–Trinajstić information content (AvgIpc) is 2.38. The number of carboxylic acid groups (broad SMARTS) is 1. The first kappa shape index (κ1) is 19.6. The topological polar surface area (TPSA) is 78.5 Å². The normalized spacial score (nSPS) is 11.0. The third-order valence-electron chi connectivity index (χ3n) is 1.98. The van der Waals surface area contributed by atoms with Gasteiger partial charge >= 0.3 is 29.6 Å². The zero-order chi connectivity index (χ0) is 14.6. The van der Waals surface area contributed by atoms with Crippen LogP contribution in [0.25, 0.3) is 0 Å². The van der Waals surface area contributed by atoms with Crippen LogP contribution < -0.4 is 44.7 Å². The third kappa shape index (κ3) is 5.16. The minimum Gasteiger partial charge on any atom is -0.544 e. The molecule has 1 rings (SSSR count). The second kappa shape index (κ2) is 8.77. The first-order valence-corrected chi connectivity index (χ1v) is 5.91. The van der Waals surface area contributed by atoms with Crippen LogP contribution in [0.5, 0.6) is 5.75 Å². The number of hydrogen-bond donors (Lipinski definition) is 1. The molecule has 1 N–H and O–H groups in total. The van der Waals surface area contributed by atoms with Crippen molar-refractivity contribution in [2.24, 2.45) is 0 Å². The Hall–Kier alpha value is -0.430. The summed E-state index contributed by atoms with van der Waals surface area (Å²) in [5.74, 6) is -2.29. The van der Waals surface area contributed by atoms with E-state index in [2.05, 4.69) is 5.32 Å². The minimum atomic E-state index is -1.74. The van der Waals surface area contributed by atoms with Crippen LogP contribution in [0.4, 0.5) is 5.69 Å². The molecule has 0 saturated carbocycles. The zero-order valence-corrected chi connectivity index (χ0v) is 14.8. The number of hydrogen-bond acceptors (Lipinski definition) is 4. The number of ether oxygens (including phenoxy) is 1. The molecule has 0 spiro atoms. The van der Waals surface area contributed by atoms with Crippen molar-refractivity contribution in [3.63, 3.8) is 0 Å². The number of amides is 1. The summed E-state index contributed by atoms with van der Waals surface area (Å²) in [4.78, 5) is 22.0. The van der Waals surface area contributed by atoms with E-state index in [1.165, 1.54) is 25.3 Å². The number of carboxylic acids is 1. The Balaban J connectivity index is 0.00000361. The third-order valence-corrected chi connectivity index (χ3v) is 3.09. The maximum absolute atomic E-state index is 11.6. The number of nitrogens with one attached hydrogen (secondary N) is 1. The fourth-order valence-electron chi connectivity index (χ4n) is 1.11. The van der Waals surface area contributed by atoms with Gasteiger partial charge in [-0.3, -0.25) is 4.79 Å². The largest absolute Gasteiger partial charge is 1.00 e. The van der Waals surface area contributed by atoms with Crippen molar-refractivity contribution in [2.45, 2.75) is 0 Å². The van der Waals surface area contributed by atoms with E-state index in [0.29, 0.717) is 16.5 Å². The summed E-state index contributed by atoms with van der Waals surface area (Å²) in [5.41, 5.74) is 0.312. The second-order valence-electron chi connectivity index (χ2n) is 3.22.